The van der Waals surface area contributed by atoms with E-state index >= 15 is 0 Å². The van der Waals surface area contributed by atoms with E-state index in [9.17, 15) is 4.79 Å². The third-order valence-corrected chi connectivity index (χ3v) is 2.87. The van der Waals surface area contributed by atoms with Crippen LogP contribution in [0.25, 0.3) is 0 Å². The second kappa shape index (κ2) is 4.96. The Balaban J connectivity index is 1.73. The van der Waals surface area contributed by atoms with Gasteiger partial charge < -0.3 is 10.6 Å². The zero-order chi connectivity index (χ0) is 11.4. The standard InChI is InChI=1S/C12H17N3O/c1-9-5-6-10(7-13-9)8-14-12(16)15-11-3-2-4-11/h5-7,11H,2-4,8H2,1H3,(H2,14,15,16). The lowest BCUT2D eigenvalue weighted by atomic mass is 9.93. The Hall–Kier alpha value is -1.58. The first-order valence-corrected chi connectivity index (χ1v) is 5.70. The smallest absolute Gasteiger partial charge is 0.315 e. The summed E-state index contributed by atoms with van der Waals surface area (Å²) >= 11 is 0. The number of pyridine rings is 1. The number of carbonyl (C=O) groups is 1. The van der Waals surface area contributed by atoms with Gasteiger partial charge in [-0.05, 0) is 37.8 Å². The van der Waals surface area contributed by atoms with Crippen LogP contribution in [0.3, 0.4) is 0 Å². The number of urea groups is 1. The average Bonchev–Trinajstić information content (AvgIpc) is 2.23. The predicted octanol–water partition coefficient (Wildman–Crippen LogP) is 1.74. The minimum Gasteiger partial charge on any atom is -0.335 e. The van der Waals surface area contributed by atoms with Gasteiger partial charge in [0.1, 0.15) is 0 Å². The summed E-state index contributed by atoms with van der Waals surface area (Å²) in [5, 5.41) is 5.75. The van der Waals surface area contributed by atoms with Crippen molar-refractivity contribution in [2.75, 3.05) is 0 Å². The normalized spacial score (nSPS) is 15.3. The summed E-state index contributed by atoms with van der Waals surface area (Å²) in [5.74, 6) is 0. The van der Waals surface area contributed by atoms with Crippen molar-refractivity contribution in [3.05, 3.63) is 29.6 Å². The number of aryl methyl sites for hydroxylation is 1. The second-order valence-corrected chi connectivity index (χ2v) is 4.26. The zero-order valence-corrected chi connectivity index (χ0v) is 9.49. The fourth-order valence-corrected chi connectivity index (χ4v) is 1.57. The van der Waals surface area contributed by atoms with Gasteiger partial charge in [0, 0.05) is 24.5 Å². The molecule has 1 aliphatic carbocycles. The molecule has 4 nitrogen and oxygen atoms in total. The maximum Gasteiger partial charge on any atom is 0.315 e. The van der Waals surface area contributed by atoms with Gasteiger partial charge in [0.05, 0.1) is 0 Å². The molecule has 2 amide bonds. The van der Waals surface area contributed by atoms with E-state index in [0.717, 1.165) is 24.1 Å². The van der Waals surface area contributed by atoms with Crippen LogP contribution in [0.5, 0.6) is 0 Å². The summed E-state index contributed by atoms with van der Waals surface area (Å²) in [6.07, 6.45) is 5.24. The number of carbonyl (C=O) groups excluding carboxylic acids is 1. The molecule has 0 atom stereocenters. The van der Waals surface area contributed by atoms with Gasteiger partial charge >= 0.3 is 6.03 Å². The van der Waals surface area contributed by atoms with E-state index in [0.29, 0.717) is 12.6 Å². The number of amides is 2. The molecule has 2 rings (SSSR count). The highest BCUT2D eigenvalue weighted by Gasteiger charge is 2.18. The van der Waals surface area contributed by atoms with Crippen LogP contribution in [0.15, 0.2) is 18.3 Å². The molecule has 0 unspecified atom stereocenters. The first-order valence-electron chi connectivity index (χ1n) is 5.70. The van der Waals surface area contributed by atoms with Gasteiger partial charge in [-0.1, -0.05) is 6.07 Å². The quantitative estimate of drug-likeness (QED) is 0.813. The summed E-state index contributed by atoms with van der Waals surface area (Å²) < 4.78 is 0. The number of aromatic nitrogens is 1. The zero-order valence-electron chi connectivity index (χ0n) is 9.49. The highest BCUT2D eigenvalue weighted by molar-refractivity contribution is 5.74. The molecular formula is C12H17N3O. The highest BCUT2D eigenvalue weighted by Crippen LogP contribution is 2.17. The minimum atomic E-state index is -0.0784. The molecule has 0 bridgehead atoms. The molecule has 1 aliphatic rings. The maximum atomic E-state index is 11.4. The van der Waals surface area contributed by atoms with Crippen molar-refractivity contribution in [1.82, 2.24) is 15.6 Å². The minimum absolute atomic E-state index is 0.0784. The van der Waals surface area contributed by atoms with Crippen molar-refractivity contribution < 1.29 is 4.79 Å². The van der Waals surface area contributed by atoms with Crippen LogP contribution in [0.4, 0.5) is 4.79 Å². The number of hydrogen-bond donors (Lipinski definition) is 2. The molecule has 1 fully saturated rings. The summed E-state index contributed by atoms with van der Waals surface area (Å²) in [6, 6.07) is 4.23. The maximum absolute atomic E-state index is 11.4. The van der Waals surface area contributed by atoms with Gasteiger partial charge in [0.2, 0.25) is 0 Å². The predicted molar refractivity (Wildman–Crippen MR) is 62.0 cm³/mol. The van der Waals surface area contributed by atoms with Gasteiger partial charge in [-0.3, -0.25) is 4.98 Å². The van der Waals surface area contributed by atoms with Crippen LogP contribution in [-0.4, -0.2) is 17.1 Å². The first kappa shape index (κ1) is 10.9. The van der Waals surface area contributed by atoms with Crippen molar-refractivity contribution in [3.63, 3.8) is 0 Å². The molecule has 0 spiro atoms. The van der Waals surface area contributed by atoms with Gasteiger partial charge in [-0.25, -0.2) is 4.79 Å². The largest absolute Gasteiger partial charge is 0.335 e. The summed E-state index contributed by atoms with van der Waals surface area (Å²) in [6.45, 7) is 2.48. The van der Waals surface area contributed by atoms with E-state index in [-0.39, 0.29) is 6.03 Å². The Morgan fingerprint density at radius 1 is 1.50 bits per heavy atom. The molecule has 1 saturated carbocycles. The Morgan fingerprint density at radius 3 is 2.88 bits per heavy atom. The number of nitrogens with one attached hydrogen (secondary N) is 2. The fourth-order valence-electron chi connectivity index (χ4n) is 1.57. The Kier molecular flexibility index (Phi) is 3.39. The van der Waals surface area contributed by atoms with Crippen LogP contribution < -0.4 is 10.6 Å². The highest BCUT2D eigenvalue weighted by atomic mass is 16.2. The summed E-state index contributed by atoms with van der Waals surface area (Å²) in [4.78, 5) is 15.6. The third-order valence-electron chi connectivity index (χ3n) is 2.87. The average molecular weight is 219 g/mol. The molecule has 0 saturated heterocycles. The molecule has 0 aromatic carbocycles. The lowest BCUT2D eigenvalue weighted by Gasteiger charge is -2.26. The van der Waals surface area contributed by atoms with Crippen LogP contribution in [-0.2, 0) is 6.54 Å². The SMILES string of the molecule is Cc1ccc(CNC(=O)NC2CCC2)cn1. The number of nitrogens with zero attached hydrogens (tertiary/aromatic N) is 1. The first-order chi connectivity index (χ1) is 7.74. The van der Waals surface area contributed by atoms with Crippen molar-refractivity contribution in [3.8, 4) is 0 Å². The van der Waals surface area contributed by atoms with E-state index in [1.54, 1.807) is 6.20 Å². The summed E-state index contributed by atoms with van der Waals surface area (Å²) in [5.41, 5.74) is 2.01. The van der Waals surface area contributed by atoms with Gasteiger partial charge in [0.25, 0.3) is 0 Å². The van der Waals surface area contributed by atoms with E-state index in [4.69, 9.17) is 0 Å². The molecule has 4 heteroatoms. The molecule has 0 aliphatic heterocycles. The molecule has 2 N–H and O–H groups in total. The van der Waals surface area contributed by atoms with Crippen LogP contribution in [0, 0.1) is 6.92 Å². The van der Waals surface area contributed by atoms with Crippen molar-refractivity contribution >= 4 is 6.03 Å². The molecule has 1 aromatic rings. The van der Waals surface area contributed by atoms with Crippen LogP contribution in [0.1, 0.15) is 30.5 Å². The van der Waals surface area contributed by atoms with E-state index in [2.05, 4.69) is 15.6 Å². The van der Waals surface area contributed by atoms with Gasteiger partial charge in [-0.2, -0.15) is 0 Å². The van der Waals surface area contributed by atoms with Crippen molar-refractivity contribution in [2.24, 2.45) is 0 Å². The molecule has 1 aromatic heterocycles. The molecule has 86 valence electrons. The monoisotopic (exact) mass is 219 g/mol. The van der Waals surface area contributed by atoms with Crippen LogP contribution in [0.2, 0.25) is 0 Å². The Labute approximate surface area is 95.5 Å². The lowest BCUT2D eigenvalue weighted by molar-refractivity contribution is 0.228. The fraction of sp³-hybridized carbons (Fsp3) is 0.500. The van der Waals surface area contributed by atoms with Crippen LogP contribution >= 0.6 is 0 Å². The number of hydrogen-bond acceptors (Lipinski definition) is 2. The lowest BCUT2D eigenvalue weighted by Crippen LogP contribution is -2.44. The molecule has 1 heterocycles. The topological polar surface area (TPSA) is 54.0 Å². The van der Waals surface area contributed by atoms with Gasteiger partial charge in [-0.15, -0.1) is 0 Å². The van der Waals surface area contributed by atoms with Gasteiger partial charge in [0.15, 0.2) is 0 Å². The Bertz CT molecular complexity index is 357. The van der Waals surface area contributed by atoms with Crippen molar-refractivity contribution in [1.29, 1.82) is 0 Å². The van der Waals surface area contributed by atoms with E-state index < -0.39 is 0 Å². The van der Waals surface area contributed by atoms with E-state index in [1.165, 1.54) is 6.42 Å². The molecule has 0 radical (unpaired) electrons. The van der Waals surface area contributed by atoms with Crippen molar-refractivity contribution in [2.45, 2.75) is 38.8 Å². The second-order valence-electron chi connectivity index (χ2n) is 4.26. The third kappa shape index (κ3) is 2.95. The summed E-state index contributed by atoms with van der Waals surface area (Å²) in [7, 11) is 0. The van der Waals surface area contributed by atoms with E-state index in [1.807, 2.05) is 19.1 Å². The Morgan fingerprint density at radius 2 is 2.31 bits per heavy atom. The number of rotatable bonds is 3. The molecule has 16 heavy (non-hydrogen) atoms. The molecular weight excluding hydrogens is 202 g/mol.